The number of nitrogens with zero attached hydrogens (tertiary/aromatic N) is 7. The molecule has 0 saturated carbocycles. The number of benzene rings is 2. The summed E-state index contributed by atoms with van der Waals surface area (Å²) in [5.41, 5.74) is 2.96. The highest BCUT2D eigenvalue weighted by Gasteiger charge is 2.16. The standard InChI is InChI=1S/C25H25N7OS/c1-3-13-30-23(33)21-11-7-8-12-22(21)32-24(30)27-31(25(32)34)18-28(2)15-20-14-26-29(17-20)16-19-9-5-4-6-10-19/h3-12,14,17H,1,13,15-16,18H2,2H3. The van der Waals surface area contributed by atoms with Crippen LogP contribution in [0.2, 0.25) is 0 Å². The van der Waals surface area contributed by atoms with E-state index in [0.29, 0.717) is 35.7 Å². The molecule has 0 saturated heterocycles. The second-order valence-electron chi connectivity index (χ2n) is 8.33. The minimum Gasteiger partial charge on any atom is -0.283 e. The smallest absolute Gasteiger partial charge is 0.263 e. The topological polar surface area (TPSA) is 65.3 Å². The molecule has 0 amide bonds. The van der Waals surface area contributed by atoms with E-state index >= 15 is 0 Å². The lowest BCUT2D eigenvalue weighted by Gasteiger charge is -2.14. The highest BCUT2D eigenvalue weighted by Crippen LogP contribution is 2.15. The first kappa shape index (κ1) is 22.0. The number of hydrogen-bond acceptors (Lipinski definition) is 5. The van der Waals surface area contributed by atoms with Gasteiger partial charge in [-0.15, -0.1) is 11.7 Å². The fourth-order valence-electron chi connectivity index (χ4n) is 4.19. The summed E-state index contributed by atoms with van der Waals surface area (Å²) in [6.45, 7) is 6.04. The molecule has 2 aromatic carbocycles. The molecule has 34 heavy (non-hydrogen) atoms. The zero-order valence-corrected chi connectivity index (χ0v) is 19.7. The summed E-state index contributed by atoms with van der Waals surface area (Å²) in [5, 5.41) is 9.81. The van der Waals surface area contributed by atoms with Crippen molar-refractivity contribution in [3.63, 3.8) is 0 Å². The van der Waals surface area contributed by atoms with E-state index in [0.717, 1.165) is 17.6 Å². The molecule has 0 spiro atoms. The molecule has 0 bridgehead atoms. The Labute approximate surface area is 201 Å². The van der Waals surface area contributed by atoms with Gasteiger partial charge in [-0.1, -0.05) is 48.5 Å². The van der Waals surface area contributed by atoms with Crippen molar-refractivity contribution in [3.8, 4) is 0 Å². The zero-order valence-electron chi connectivity index (χ0n) is 18.9. The van der Waals surface area contributed by atoms with Crippen molar-refractivity contribution in [2.75, 3.05) is 7.05 Å². The Hall–Kier alpha value is -3.82. The van der Waals surface area contributed by atoms with Crippen LogP contribution in [0.5, 0.6) is 0 Å². The molecule has 172 valence electrons. The van der Waals surface area contributed by atoms with Gasteiger partial charge in [0, 0.05) is 24.8 Å². The van der Waals surface area contributed by atoms with E-state index in [1.165, 1.54) is 5.56 Å². The Morgan fingerprint density at radius 1 is 1.09 bits per heavy atom. The molecule has 8 nitrogen and oxygen atoms in total. The van der Waals surface area contributed by atoms with E-state index in [9.17, 15) is 4.79 Å². The molecular formula is C25H25N7OS. The number of aromatic nitrogens is 6. The van der Waals surface area contributed by atoms with Crippen molar-refractivity contribution in [2.45, 2.75) is 26.3 Å². The Kier molecular flexibility index (Phi) is 5.95. The normalized spacial score (nSPS) is 11.6. The van der Waals surface area contributed by atoms with Gasteiger partial charge < -0.3 is 0 Å². The average molecular weight is 472 g/mol. The fraction of sp³-hybridized carbons (Fsp3) is 0.200. The number of para-hydroxylation sites is 1. The van der Waals surface area contributed by atoms with Gasteiger partial charge in [0.15, 0.2) is 0 Å². The number of hydrogen-bond donors (Lipinski definition) is 0. The summed E-state index contributed by atoms with van der Waals surface area (Å²) in [6, 6.07) is 17.7. The third-order valence-corrected chi connectivity index (χ3v) is 6.09. The van der Waals surface area contributed by atoms with Crippen LogP contribution in [0.25, 0.3) is 16.7 Å². The molecule has 3 aromatic heterocycles. The Morgan fingerprint density at radius 2 is 1.85 bits per heavy atom. The second-order valence-corrected chi connectivity index (χ2v) is 8.69. The fourth-order valence-corrected chi connectivity index (χ4v) is 4.47. The van der Waals surface area contributed by atoms with Crippen LogP contribution in [0, 0.1) is 4.77 Å². The van der Waals surface area contributed by atoms with E-state index in [1.807, 2.05) is 64.8 Å². The van der Waals surface area contributed by atoms with Crippen LogP contribution in [0.3, 0.4) is 0 Å². The summed E-state index contributed by atoms with van der Waals surface area (Å²) in [6.07, 6.45) is 5.64. The predicted octanol–water partition coefficient (Wildman–Crippen LogP) is 3.70. The largest absolute Gasteiger partial charge is 0.283 e. The van der Waals surface area contributed by atoms with Gasteiger partial charge in [-0.3, -0.25) is 23.3 Å². The van der Waals surface area contributed by atoms with E-state index in [-0.39, 0.29) is 5.56 Å². The first-order valence-electron chi connectivity index (χ1n) is 11.0. The summed E-state index contributed by atoms with van der Waals surface area (Å²) in [4.78, 5) is 15.2. The van der Waals surface area contributed by atoms with Crippen molar-refractivity contribution < 1.29 is 0 Å². The van der Waals surface area contributed by atoms with Crippen LogP contribution < -0.4 is 5.56 Å². The molecular weight excluding hydrogens is 446 g/mol. The Bertz CT molecular complexity index is 1590. The average Bonchev–Trinajstić information content (AvgIpc) is 3.41. The van der Waals surface area contributed by atoms with Crippen molar-refractivity contribution in [1.29, 1.82) is 0 Å². The van der Waals surface area contributed by atoms with Gasteiger partial charge in [0.1, 0.15) is 0 Å². The SMILES string of the molecule is C=CCn1c(=O)c2ccccc2n2c(=S)n(CN(C)Cc3cnn(Cc4ccccc4)c3)nc12. The number of allylic oxidation sites excluding steroid dienone is 1. The molecule has 3 heterocycles. The third kappa shape index (κ3) is 4.11. The van der Waals surface area contributed by atoms with Crippen molar-refractivity contribution in [2.24, 2.45) is 0 Å². The molecule has 0 aliphatic rings. The van der Waals surface area contributed by atoms with Gasteiger partial charge in [-0.05, 0) is 37.0 Å². The summed E-state index contributed by atoms with van der Waals surface area (Å²) in [5.74, 6) is 0.512. The maximum Gasteiger partial charge on any atom is 0.263 e. The predicted molar refractivity (Wildman–Crippen MR) is 135 cm³/mol. The lowest BCUT2D eigenvalue weighted by molar-refractivity contribution is 0.244. The quantitative estimate of drug-likeness (QED) is 0.255. The molecule has 0 unspecified atom stereocenters. The second kappa shape index (κ2) is 9.20. The van der Waals surface area contributed by atoms with Gasteiger partial charge in [0.2, 0.25) is 10.5 Å². The van der Waals surface area contributed by atoms with Gasteiger partial charge in [0.05, 0.1) is 30.3 Å². The highest BCUT2D eigenvalue weighted by molar-refractivity contribution is 7.71. The van der Waals surface area contributed by atoms with Crippen LogP contribution >= 0.6 is 12.2 Å². The minimum absolute atomic E-state index is 0.102. The summed E-state index contributed by atoms with van der Waals surface area (Å²) < 4.78 is 7.70. The number of fused-ring (bicyclic) bond motifs is 3. The monoisotopic (exact) mass is 471 g/mol. The van der Waals surface area contributed by atoms with Crippen LogP contribution in [-0.2, 0) is 26.3 Å². The van der Waals surface area contributed by atoms with E-state index in [4.69, 9.17) is 17.3 Å². The van der Waals surface area contributed by atoms with Gasteiger partial charge in [0.25, 0.3) is 5.56 Å². The minimum atomic E-state index is -0.102. The van der Waals surface area contributed by atoms with Crippen LogP contribution in [0.1, 0.15) is 11.1 Å². The lowest BCUT2D eigenvalue weighted by atomic mass is 10.2. The lowest BCUT2D eigenvalue weighted by Crippen LogP contribution is -2.23. The molecule has 0 aliphatic heterocycles. The third-order valence-electron chi connectivity index (χ3n) is 5.70. The molecule has 0 atom stereocenters. The van der Waals surface area contributed by atoms with E-state index in [1.54, 1.807) is 15.3 Å². The van der Waals surface area contributed by atoms with E-state index in [2.05, 4.69) is 34.9 Å². The van der Waals surface area contributed by atoms with Gasteiger partial charge >= 0.3 is 0 Å². The molecule has 0 fully saturated rings. The van der Waals surface area contributed by atoms with Gasteiger partial charge in [-0.2, -0.15) is 5.10 Å². The highest BCUT2D eigenvalue weighted by atomic mass is 32.1. The molecule has 0 N–H and O–H groups in total. The van der Waals surface area contributed by atoms with Crippen LogP contribution in [0.15, 0.2) is 84.4 Å². The molecule has 0 radical (unpaired) electrons. The van der Waals surface area contributed by atoms with Gasteiger partial charge in [-0.25, -0.2) is 4.68 Å². The Balaban J connectivity index is 1.42. The van der Waals surface area contributed by atoms with Crippen molar-refractivity contribution in [1.82, 2.24) is 33.4 Å². The maximum absolute atomic E-state index is 13.0. The van der Waals surface area contributed by atoms with Crippen LogP contribution in [-0.4, -0.2) is 40.5 Å². The maximum atomic E-state index is 13.0. The molecule has 5 rings (SSSR count). The number of rotatable bonds is 8. The van der Waals surface area contributed by atoms with Crippen LogP contribution in [0.4, 0.5) is 0 Å². The zero-order chi connectivity index (χ0) is 23.7. The summed E-state index contributed by atoms with van der Waals surface area (Å²) in [7, 11) is 2.01. The molecule has 5 aromatic rings. The molecule has 9 heteroatoms. The molecule has 0 aliphatic carbocycles. The Morgan fingerprint density at radius 3 is 2.65 bits per heavy atom. The first-order chi connectivity index (χ1) is 16.5. The summed E-state index contributed by atoms with van der Waals surface area (Å²) >= 11 is 5.78. The van der Waals surface area contributed by atoms with Crippen molar-refractivity contribution >= 4 is 28.9 Å². The van der Waals surface area contributed by atoms with Crippen molar-refractivity contribution in [3.05, 3.63) is 106 Å². The van der Waals surface area contributed by atoms with E-state index < -0.39 is 0 Å². The first-order valence-corrected chi connectivity index (χ1v) is 11.4.